The van der Waals surface area contributed by atoms with Gasteiger partial charge in [-0.25, -0.2) is 13.8 Å². The number of hydrogen-bond acceptors (Lipinski definition) is 4. The van der Waals surface area contributed by atoms with Crippen molar-refractivity contribution in [2.24, 2.45) is 0 Å². The van der Waals surface area contributed by atoms with Crippen LogP contribution in [-0.4, -0.2) is 24.5 Å². The van der Waals surface area contributed by atoms with Crippen LogP contribution in [0.1, 0.15) is 16.1 Å². The van der Waals surface area contributed by atoms with Crippen LogP contribution in [0.4, 0.5) is 20.2 Å². The minimum atomic E-state index is -0.842. The topological polar surface area (TPSA) is 63.2 Å². The minimum absolute atomic E-state index is 0.0587. The third-order valence-electron chi connectivity index (χ3n) is 4.10. The predicted molar refractivity (Wildman–Crippen MR) is 104 cm³/mol. The number of para-hydroxylation sites is 1. The molecule has 0 spiro atoms. The van der Waals surface area contributed by atoms with E-state index in [1.807, 2.05) is 24.3 Å². The van der Waals surface area contributed by atoms with Crippen LogP contribution in [0.15, 0.2) is 60.8 Å². The zero-order valence-electron chi connectivity index (χ0n) is 15.2. The largest absolute Gasteiger partial charge is 0.497 e. The van der Waals surface area contributed by atoms with Crippen molar-refractivity contribution < 1.29 is 18.3 Å². The normalized spacial score (nSPS) is 10.4. The standard InChI is InChI=1S/C21H19F2N3O2/c1-28-16-8-5-14(6-9-16)11-12-24-15-7-10-19(25-13-15)21(27)26-20-17(22)3-2-4-18(20)23/h2-10,13,24H,11-12H2,1H3,(H,26,27). The molecule has 0 bridgehead atoms. The maximum absolute atomic E-state index is 13.6. The van der Waals surface area contributed by atoms with Crippen LogP contribution < -0.4 is 15.4 Å². The number of carbonyl (C=O) groups is 1. The Morgan fingerprint density at radius 2 is 1.75 bits per heavy atom. The molecule has 0 aliphatic carbocycles. The van der Waals surface area contributed by atoms with Crippen LogP contribution in [-0.2, 0) is 6.42 Å². The second kappa shape index (κ2) is 8.94. The molecule has 2 N–H and O–H groups in total. The lowest BCUT2D eigenvalue weighted by Gasteiger charge is -2.09. The number of nitrogens with one attached hydrogen (secondary N) is 2. The molecule has 0 aliphatic rings. The van der Waals surface area contributed by atoms with Crippen molar-refractivity contribution in [3.63, 3.8) is 0 Å². The number of methoxy groups -OCH3 is 1. The Morgan fingerprint density at radius 1 is 1.04 bits per heavy atom. The van der Waals surface area contributed by atoms with Crippen LogP contribution in [0.25, 0.3) is 0 Å². The maximum Gasteiger partial charge on any atom is 0.274 e. The fourth-order valence-electron chi connectivity index (χ4n) is 2.57. The summed E-state index contributed by atoms with van der Waals surface area (Å²) in [6, 6.07) is 14.3. The molecule has 1 heterocycles. The molecule has 1 aromatic heterocycles. The van der Waals surface area contributed by atoms with Gasteiger partial charge >= 0.3 is 0 Å². The fraction of sp³-hybridized carbons (Fsp3) is 0.143. The number of amides is 1. The lowest BCUT2D eigenvalue weighted by atomic mass is 10.1. The maximum atomic E-state index is 13.6. The Bertz CT molecular complexity index is 925. The highest BCUT2D eigenvalue weighted by molar-refractivity contribution is 6.03. The van der Waals surface area contributed by atoms with Crippen LogP contribution in [0.2, 0.25) is 0 Å². The molecule has 28 heavy (non-hydrogen) atoms. The van der Waals surface area contributed by atoms with E-state index in [2.05, 4.69) is 15.6 Å². The molecule has 3 aromatic rings. The smallest absolute Gasteiger partial charge is 0.274 e. The first-order valence-corrected chi connectivity index (χ1v) is 8.65. The lowest BCUT2D eigenvalue weighted by molar-refractivity contribution is 0.102. The molecule has 144 valence electrons. The van der Waals surface area contributed by atoms with Gasteiger partial charge in [-0.2, -0.15) is 0 Å². The van der Waals surface area contributed by atoms with E-state index in [1.54, 1.807) is 13.2 Å². The van der Waals surface area contributed by atoms with Gasteiger partial charge in [-0.15, -0.1) is 0 Å². The Morgan fingerprint density at radius 3 is 2.36 bits per heavy atom. The number of carbonyl (C=O) groups excluding carboxylic acids is 1. The first-order valence-electron chi connectivity index (χ1n) is 8.65. The molecular formula is C21H19F2N3O2. The zero-order valence-corrected chi connectivity index (χ0v) is 15.2. The molecule has 0 saturated heterocycles. The van der Waals surface area contributed by atoms with E-state index < -0.39 is 23.2 Å². The molecule has 1 amide bonds. The molecular weight excluding hydrogens is 364 g/mol. The number of hydrogen-bond donors (Lipinski definition) is 2. The van der Waals surface area contributed by atoms with E-state index >= 15 is 0 Å². The van der Waals surface area contributed by atoms with Crippen LogP contribution in [0.3, 0.4) is 0 Å². The molecule has 0 aliphatic heterocycles. The summed E-state index contributed by atoms with van der Waals surface area (Å²) in [6.45, 7) is 0.681. The third kappa shape index (κ3) is 4.82. The van der Waals surface area contributed by atoms with Gasteiger partial charge in [0.05, 0.1) is 19.0 Å². The molecule has 3 rings (SSSR count). The van der Waals surface area contributed by atoms with Crippen molar-refractivity contribution in [3.05, 3.63) is 83.7 Å². The second-order valence-corrected chi connectivity index (χ2v) is 6.01. The van der Waals surface area contributed by atoms with Gasteiger partial charge < -0.3 is 15.4 Å². The molecule has 0 fully saturated rings. The fourth-order valence-corrected chi connectivity index (χ4v) is 2.57. The highest BCUT2D eigenvalue weighted by Crippen LogP contribution is 2.19. The number of pyridine rings is 1. The van der Waals surface area contributed by atoms with Crippen molar-refractivity contribution >= 4 is 17.3 Å². The molecule has 2 aromatic carbocycles. The van der Waals surface area contributed by atoms with E-state index in [1.165, 1.54) is 18.3 Å². The highest BCUT2D eigenvalue weighted by atomic mass is 19.1. The quantitative estimate of drug-likeness (QED) is 0.639. The van der Waals surface area contributed by atoms with Crippen molar-refractivity contribution in [2.45, 2.75) is 6.42 Å². The Labute approximate surface area is 161 Å². The van der Waals surface area contributed by atoms with Gasteiger partial charge in [0.1, 0.15) is 28.8 Å². The first kappa shape index (κ1) is 19.3. The van der Waals surface area contributed by atoms with Crippen molar-refractivity contribution in [2.75, 3.05) is 24.3 Å². The molecule has 5 nitrogen and oxygen atoms in total. The van der Waals surface area contributed by atoms with Crippen LogP contribution >= 0.6 is 0 Å². The van der Waals surface area contributed by atoms with E-state index in [0.29, 0.717) is 6.54 Å². The molecule has 0 atom stereocenters. The minimum Gasteiger partial charge on any atom is -0.497 e. The van der Waals surface area contributed by atoms with Gasteiger partial charge in [0.25, 0.3) is 5.91 Å². The van der Waals surface area contributed by atoms with Crippen molar-refractivity contribution in [1.29, 1.82) is 0 Å². The van der Waals surface area contributed by atoms with E-state index in [4.69, 9.17) is 4.74 Å². The lowest BCUT2D eigenvalue weighted by Crippen LogP contribution is -2.16. The SMILES string of the molecule is COc1ccc(CCNc2ccc(C(=O)Nc3c(F)cccc3F)nc2)cc1. The Kier molecular flexibility index (Phi) is 6.16. The number of aromatic nitrogens is 1. The Hall–Kier alpha value is -3.48. The van der Waals surface area contributed by atoms with Gasteiger partial charge in [0.2, 0.25) is 0 Å². The number of rotatable bonds is 7. The van der Waals surface area contributed by atoms with Crippen LogP contribution in [0, 0.1) is 11.6 Å². The van der Waals surface area contributed by atoms with Gasteiger partial charge in [-0.05, 0) is 48.4 Å². The van der Waals surface area contributed by atoms with E-state index in [-0.39, 0.29) is 5.69 Å². The summed E-state index contributed by atoms with van der Waals surface area (Å²) < 4.78 is 32.4. The number of benzene rings is 2. The van der Waals surface area contributed by atoms with Crippen molar-refractivity contribution in [3.8, 4) is 5.75 Å². The average molecular weight is 383 g/mol. The highest BCUT2D eigenvalue weighted by Gasteiger charge is 2.14. The predicted octanol–water partition coefficient (Wildman–Crippen LogP) is 4.28. The van der Waals surface area contributed by atoms with Gasteiger partial charge in [0, 0.05) is 6.54 Å². The number of anilines is 2. The molecule has 7 heteroatoms. The summed E-state index contributed by atoms with van der Waals surface area (Å²) in [6.07, 6.45) is 2.30. The summed E-state index contributed by atoms with van der Waals surface area (Å²) >= 11 is 0. The van der Waals surface area contributed by atoms with E-state index in [0.717, 1.165) is 35.6 Å². The summed E-state index contributed by atoms with van der Waals surface area (Å²) in [4.78, 5) is 16.2. The van der Waals surface area contributed by atoms with Gasteiger partial charge in [-0.3, -0.25) is 4.79 Å². The Balaban J connectivity index is 1.54. The number of ether oxygens (including phenoxy) is 1. The summed E-state index contributed by atoms with van der Waals surface area (Å²) in [5, 5.41) is 5.42. The average Bonchev–Trinajstić information content (AvgIpc) is 2.72. The summed E-state index contributed by atoms with van der Waals surface area (Å²) in [5.41, 5.74) is 1.46. The molecule has 0 saturated carbocycles. The van der Waals surface area contributed by atoms with Gasteiger partial charge in [-0.1, -0.05) is 18.2 Å². The van der Waals surface area contributed by atoms with Gasteiger partial charge in [0.15, 0.2) is 0 Å². The molecule has 0 radical (unpaired) electrons. The third-order valence-corrected chi connectivity index (χ3v) is 4.10. The monoisotopic (exact) mass is 383 g/mol. The zero-order chi connectivity index (χ0) is 19.9. The van der Waals surface area contributed by atoms with Crippen molar-refractivity contribution in [1.82, 2.24) is 4.98 Å². The number of nitrogens with zero attached hydrogens (tertiary/aromatic N) is 1. The van der Waals surface area contributed by atoms with Crippen LogP contribution in [0.5, 0.6) is 5.75 Å². The first-order chi connectivity index (χ1) is 13.6. The number of halogens is 2. The second-order valence-electron chi connectivity index (χ2n) is 6.01. The molecule has 0 unspecified atom stereocenters. The summed E-state index contributed by atoms with van der Waals surface area (Å²) in [7, 11) is 1.63. The van der Waals surface area contributed by atoms with E-state index in [9.17, 15) is 13.6 Å². The summed E-state index contributed by atoms with van der Waals surface area (Å²) in [5.74, 6) is -1.56.